The van der Waals surface area contributed by atoms with Gasteiger partial charge in [-0.3, -0.25) is 18.6 Å². The molecule has 278 valence electrons. The number of alkyl halides is 14. The fourth-order valence-corrected chi connectivity index (χ4v) is 4.12. The van der Waals surface area contributed by atoms with Gasteiger partial charge < -0.3 is 24.1 Å². The first-order valence-corrected chi connectivity index (χ1v) is 13.5. The van der Waals surface area contributed by atoms with Gasteiger partial charge in [0.05, 0.1) is 32.7 Å². The van der Waals surface area contributed by atoms with Gasteiger partial charge >= 0.3 is 54.0 Å². The number of aliphatic carboxylic acids is 1. The van der Waals surface area contributed by atoms with Crippen LogP contribution in [0.2, 0.25) is 0 Å². The van der Waals surface area contributed by atoms with E-state index in [4.69, 9.17) is 5.11 Å². The Hall–Kier alpha value is -2.74. The lowest BCUT2D eigenvalue weighted by Gasteiger charge is -2.29. The summed E-state index contributed by atoms with van der Waals surface area (Å²) < 4.78 is 225. The number of hydrogen-bond acceptors (Lipinski definition) is 10. The minimum absolute atomic E-state index is 0.363. The van der Waals surface area contributed by atoms with Gasteiger partial charge in [0.25, 0.3) is 10.1 Å². The highest BCUT2D eigenvalue weighted by molar-refractivity contribution is 7.88. The van der Waals surface area contributed by atoms with Gasteiger partial charge in [0.2, 0.25) is 0 Å². The number of rotatable bonds is 19. The van der Waals surface area contributed by atoms with Crippen molar-refractivity contribution in [2.45, 2.75) is 73.8 Å². The van der Waals surface area contributed by atoms with E-state index in [1.807, 2.05) is 0 Å². The summed E-state index contributed by atoms with van der Waals surface area (Å²) in [5.41, 5.74) is 0. The largest absolute Gasteiger partial charge is 0.481 e. The lowest BCUT2D eigenvalue weighted by Crippen LogP contribution is -2.54. The summed E-state index contributed by atoms with van der Waals surface area (Å²) in [6.07, 6.45) is -19.0. The van der Waals surface area contributed by atoms with Crippen LogP contribution in [0.15, 0.2) is 0 Å². The summed E-state index contributed by atoms with van der Waals surface area (Å²) in [4.78, 5) is 36.6. The number of hydrogen-bond donors (Lipinski definition) is 1. The molecule has 0 aliphatic heterocycles. The first-order chi connectivity index (χ1) is 20.8. The second-order valence-electron chi connectivity index (χ2n) is 9.36. The first-order valence-electron chi connectivity index (χ1n) is 12.0. The lowest BCUT2D eigenvalue weighted by atomic mass is 10.0. The minimum atomic E-state index is -6.72. The van der Waals surface area contributed by atoms with E-state index >= 15 is 0 Å². The molecule has 0 heterocycles. The minimum Gasteiger partial charge on any atom is -0.481 e. The van der Waals surface area contributed by atoms with Gasteiger partial charge in [0, 0.05) is 0 Å². The Kier molecular flexibility index (Phi) is 14.7. The van der Waals surface area contributed by atoms with Gasteiger partial charge in [-0.2, -0.15) is 69.9 Å². The maximum atomic E-state index is 13.4. The Bertz CT molecular complexity index is 1190. The normalized spacial score (nSPS) is 16.6. The van der Waals surface area contributed by atoms with Gasteiger partial charge in [-0.1, -0.05) is 0 Å². The molecule has 4 unspecified atom stereocenters. The molecule has 0 fully saturated rings. The maximum Gasteiger partial charge on any atom is 0.459 e. The number of carboxylic acids is 1. The van der Waals surface area contributed by atoms with Crippen molar-refractivity contribution >= 4 is 28.0 Å². The summed E-state index contributed by atoms with van der Waals surface area (Å²) in [5, 5.41) is 6.06. The van der Waals surface area contributed by atoms with Crippen molar-refractivity contribution in [3.63, 3.8) is 0 Å². The van der Waals surface area contributed by atoms with Crippen LogP contribution in [-0.4, -0.2) is 118 Å². The predicted octanol–water partition coefficient (Wildman–Crippen LogP) is 3.98. The summed E-state index contributed by atoms with van der Waals surface area (Å²) in [6, 6.07) is 0. The maximum absolute atomic E-state index is 13.4. The van der Waals surface area contributed by atoms with E-state index in [2.05, 4.69) is 23.1 Å². The molecule has 0 rings (SSSR count). The zero-order chi connectivity index (χ0) is 37.6. The molecular weight excluding hydrogens is 726 g/mol. The van der Waals surface area contributed by atoms with Gasteiger partial charge in [-0.05, 0) is 13.8 Å². The standard InChI is InChI=1S/C21H24F14O11S/c1-9(5-43-7-16(22,23)18(26,27)20(30,31)32)45-14(38)11(4-12(36)37)13(47(40,41)42-3)15(39)46-10(2)6-44-8-17(24,25)19(28,29)21(33,34)35/h9-11,13H,4-8H2,1-3H3,(H,36,37). The summed E-state index contributed by atoms with van der Waals surface area (Å²) in [6.45, 7) is -6.66. The van der Waals surface area contributed by atoms with E-state index in [9.17, 15) is 84.3 Å². The molecule has 0 aromatic rings. The second kappa shape index (κ2) is 15.7. The third-order valence-corrected chi connectivity index (χ3v) is 6.98. The molecule has 4 atom stereocenters. The van der Waals surface area contributed by atoms with E-state index in [-0.39, 0.29) is 0 Å². The highest BCUT2D eigenvalue weighted by Gasteiger charge is 2.74. The molecule has 26 heteroatoms. The van der Waals surface area contributed by atoms with Gasteiger partial charge in [-0.25, -0.2) is 0 Å². The number of carbonyl (C=O) groups is 3. The van der Waals surface area contributed by atoms with Crippen molar-refractivity contribution in [1.29, 1.82) is 0 Å². The zero-order valence-electron chi connectivity index (χ0n) is 23.6. The van der Waals surface area contributed by atoms with Crippen molar-refractivity contribution in [1.82, 2.24) is 0 Å². The second-order valence-corrected chi connectivity index (χ2v) is 11.2. The number of halogens is 14. The van der Waals surface area contributed by atoms with E-state index in [1.165, 1.54) is 0 Å². The molecule has 0 aliphatic rings. The molecule has 0 saturated heterocycles. The molecule has 0 radical (unpaired) electrons. The quantitative estimate of drug-likeness (QED) is 0.116. The van der Waals surface area contributed by atoms with E-state index in [1.54, 1.807) is 0 Å². The Morgan fingerprint density at radius 1 is 0.660 bits per heavy atom. The Labute approximate surface area is 254 Å². The van der Waals surface area contributed by atoms with E-state index in [0.717, 1.165) is 0 Å². The van der Waals surface area contributed by atoms with Crippen LogP contribution in [-0.2, 0) is 47.6 Å². The molecule has 0 bridgehead atoms. The van der Waals surface area contributed by atoms with Crippen molar-refractivity contribution in [2.24, 2.45) is 5.92 Å². The smallest absolute Gasteiger partial charge is 0.459 e. The van der Waals surface area contributed by atoms with Crippen LogP contribution in [0, 0.1) is 5.92 Å². The molecule has 0 aliphatic carbocycles. The average molecular weight is 750 g/mol. The van der Waals surface area contributed by atoms with Crippen LogP contribution in [0.1, 0.15) is 20.3 Å². The van der Waals surface area contributed by atoms with Gasteiger partial charge in [-0.15, -0.1) is 0 Å². The highest BCUT2D eigenvalue weighted by atomic mass is 32.2. The molecule has 1 N–H and O–H groups in total. The van der Waals surface area contributed by atoms with E-state index in [0.29, 0.717) is 21.0 Å². The summed E-state index contributed by atoms with van der Waals surface area (Å²) >= 11 is 0. The fourth-order valence-electron chi connectivity index (χ4n) is 3.01. The van der Waals surface area contributed by atoms with Crippen LogP contribution >= 0.6 is 0 Å². The Balaban J connectivity index is 5.80. The molecule has 0 amide bonds. The van der Waals surface area contributed by atoms with Crippen molar-refractivity contribution in [2.75, 3.05) is 33.5 Å². The third-order valence-electron chi connectivity index (χ3n) is 5.38. The number of esters is 2. The predicted molar refractivity (Wildman–Crippen MR) is 120 cm³/mol. The zero-order valence-corrected chi connectivity index (χ0v) is 24.4. The van der Waals surface area contributed by atoms with Crippen LogP contribution in [0.3, 0.4) is 0 Å². The Morgan fingerprint density at radius 2 is 1.00 bits per heavy atom. The summed E-state index contributed by atoms with van der Waals surface area (Å²) in [7, 11) is -5.06. The molecule has 47 heavy (non-hydrogen) atoms. The van der Waals surface area contributed by atoms with Gasteiger partial charge in [0.1, 0.15) is 25.4 Å². The van der Waals surface area contributed by atoms with Crippen LogP contribution in [0.25, 0.3) is 0 Å². The first kappa shape index (κ1) is 44.3. The average Bonchev–Trinajstić information content (AvgIpc) is 2.85. The number of ether oxygens (including phenoxy) is 4. The SMILES string of the molecule is COS(=O)(=O)C(C(=O)OC(C)COCC(F)(F)C(F)(F)C(F)(F)F)C(CC(=O)O)C(=O)OC(C)COCC(F)(F)C(F)(F)C(F)(F)F. The molecule has 0 saturated carbocycles. The molecule has 0 spiro atoms. The van der Waals surface area contributed by atoms with Gasteiger partial charge in [0.15, 0.2) is 5.25 Å². The molecule has 0 aromatic heterocycles. The van der Waals surface area contributed by atoms with Crippen molar-refractivity contribution in [3.8, 4) is 0 Å². The molecule has 11 nitrogen and oxygen atoms in total. The summed E-state index contributed by atoms with van der Waals surface area (Å²) in [5.74, 6) is -33.8. The van der Waals surface area contributed by atoms with Crippen LogP contribution in [0.4, 0.5) is 61.5 Å². The van der Waals surface area contributed by atoms with E-state index < -0.39 is 120 Å². The topological polar surface area (TPSA) is 152 Å². The number of carboxylic acid groups (broad SMARTS) is 1. The van der Waals surface area contributed by atoms with Crippen molar-refractivity contribution < 1.29 is 113 Å². The van der Waals surface area contributed by atoms with Crippen molar-refractivity contribution in [3.05, 3.63) is 0 Å². The highest BCUT2D eigenvalue weighted by Crippen LogP contribution is 2.47. The third kappa shape index (κ3) is 11.4. The molecule has 0 aromatic carbocycles. The number of carbonyl (C=O) groups excluding carboxylic acids is 2. The fraction of sp³-hybridized carbons (Fsp3) is 0.857. The lowest BCUT2D eigenvalue weighted by molar-refractivity contribution is -0.361. The molecular formula is C21H24F14O11S. The van der Waals surface area contributed by atoms with Crippen LogP contribution < -0.4 is 0 Å². The van der Waals surface area contributed by atoms with Crippen LogP contribution in [0.5, 0.6) is 0 Å². The monoisotopic (exact) mass is 750 g/mol. The Morgan fingerprint density at radius 3 is 1.30 bits per heavy atom.